The van der Waals surface area contributed by atoms with Gasteiger partial charge in [-0.1, -0.05) is 12.1 Å². The van der Waals surface area contributed by atoms with Crippen molar-refractivity contribution in [1.82, 2.24) is 23.9 Å². The Morgan fingerprint density at radius 1 is 1.15 bits per heavy atom. The Hall–Kier alpha value is -3.00. The van der Waals surface area contributed by atoms with E-state index in [9.17, 15) is 13.2 Å². The Kier molecular flexibility index (Phi) is 10.4. The van der Waals surface area contributed by atoms with Crippen molar-refractivity contribution >= 4 is 22.3 Å². The van der Waals surface area contributed by atoms with Crippen molar-refractivity contribution in [3.05, 3.63) is 48.3 Å². The van der Waals surface area contributed by atoms with E-state index in [1.165, 1.54) is 11.4 Å². The van der Waals surface area contributed by atoms with Crippen LogP contribution in [-0.2, 0) is 26.2 Å². The summed E-state index contributed by atoms with van der Waals surface area (Å²) in [5.41, 5.74) is 0.802. The highest BCUT2D eigenvalue weighted by molar-refractivity contribution is 7.87. The van der Waals surface area contributed by atoms with Crippen LogP contribution >= 0.6 is 0 Å². The van der Waals surface area contributed by atoms with Crippen LogP contribution in [0.15, 0.2) is 42.7 Å². The maximum Gasteiger partial charge on any atom is 0.410 e. The summed E-state index contributed by atoms with van der Waals surface area (Å²) in [4.78, 5) is 25.7. The minimum absolute atomic E-state index is 0.0366. The largest absolute Gasteiger partial charge is 0.497 e. The lowest BCUT2D eigenvalue weighted by atomic mass is 10.1. The molecule has 2 aromatic rings. The van der Waals surface area contributed by atoms with Crippen LogP contribution in [0, 0.1) is 0 Å². The van der Waals surface area contributed by atoms with Crippen LogP contribution in [0.4, 0.5) is 10.7 Å². The fraction of sp³-hybridized carbons (Fsp3) is 0.607. The average Bonchev–Trinajstić information content (AvgIpc) is 3.30. The standard InChI is InChI=1S/C28H42N6O6S/c1-20(2)40-28(35)34-21(3)17-25(33(41(36,37)29-4)18-22-7-9-23(38-5)10-8-22)26(34)19-39-24-11-15-32(16-12-24)27-30-13-6-14-31-27/h6-10,13-14,20-21,24-26,29H,11-12,15-19H2,1-5H3/t21-,25+,26+/m1/s1. The molecule has 0 saturated carbocycles. The Labute approximate surface area is 243 Å². The van der Waals surface area contributed by atoms with Crippen LogP contribution in [0.2, 0.25) is 0 Å². The normalized spacial score (nSPS) is 22.0. The van der Waals surface area contributed by atoms with E-state index in [1.54, 1.807) is 56.4 Å². The fourth-order valence-corrected chi connectivity index (χ4v) is 6.67. The highest BCUT2D eigenvalue weighted by atomic mass is 32.2. The number of nitrogens with zero attached hydrogens (tertiary/aromatic N) is 5. The molecule has 0 unspecified atom stereocenters. The molecule has 4 rings (SSSR count). The number of carbonyl (C=O) groups is 1. The van der Waals surface area contributed by atoms with E-state index in [4.69, 9.17) is 14.2 Å². The molecule has 0 spiro atoms. The Morgan fingerprint density at radius 3 is 2.39 bits per heavy atom. The van der Waals surface area contributed by atoms with E-state index in [1.807, 2.05) is 19.1 Å². The van der Waals surface area contributed by atoms with Crippen molar-refractivity contribution in [2.24, 2.45) is 0 Å². The smallest absolute Gasteiger partial charge is 0.410 e. The summed E-state index contributed by atoms with van der Waals surface area (Å²) in [5.74, 6) is 1.38. The molecule has 13 heteroatoms. The summed E-state index contributed by atoms with van der Waals surface area (Å²) in [7, 11) is -0.887. The second kappa shape index (κ2) is 13.8. The van der Waals surface area contributed by atoms with Crippen LogP contribution in [0.1, 0.15) is 45.6 Å². The lowest BCUT2D eigenvalue weighted by Gasteiger charge is -2.37. The third kappa shape index (κ3) is 7.64. The minimum atomic E-state index is -3.87. The maximum atomic E-state index is 13.4. The molecule has 0 bridgehead atoms. The highest BCUT2D eigenvalue weighted by Gasteiger charge is 2.48. The summed E-state index contributed by atoms with van der Waals surface area (Å²) in [6.45, 7) is 7.33. The third-order valence-electron chi connectivity index (χ3n) is 7.62. The monoisotopic (exact) mass is 590 g/mol. The van der Waals surface area contributed by atoms with Gasteiger partial charge < -0.3 is 19.1 Å². The van der Waals surface area contributed by atoms with E-state index < -0.39 is 28.4 Å². The van der Waals surface area contributed by atoms with E-state index >= 15 is 0 Å². The van der Waals surface area contributed by atoms with Gasteiger partial charge in [-0.05, 0) is 63.8 Å². The Morgan fingerprint density at radius 2 is 1.80 bits per heavy atom. The van der Waals surface area contributed by atoms with Crippen LogP contribution < -0.4 is 14.4 Å². The SMILES string of the molecule is CNS(=O)(=O)N(Cc1ccc(OC)cc1)[C@H]1C[C@@H](C)N(C(=O)OC(C)C)[C@H]1COC1CCN(c2ncccn2)CC1. The third-order valence-corrected chi connectivity index (χ3v) is 9.15. The molecule has 2 aliphatic heterocycles. The molecule has 3 heterocycles. The first-order valence-corrected chi connectivity index (χ1v) is 15.5. The van der Waals surface area contributed by atoms with Crippen LogP contribution in [0.5, 0.6) is 5.75 Å². The number of aromatic nitrogens is 2. The Bertz CT molecular complexity index is 1220. The summed E-state index contributed by atoms with van der Waals surface area (Å²) in [5, 5.41) is 0. The molecule has 12 nitrogen and oxygen atoms in total. The van der Waals surface area contributed by atoms with Gasteiger partial charge in [0.1, 0.15) is 5.75 Å². The molecule has 226 valence electrons. The van der Waals surface area contributed by atoms with Gasteiger partial charge in [-0.25, -0.2) is 19.5 Å². The number of carbonyl (C=O) groups excluding carboxylic acids is 1. The zero-order chi connectivity index (χ0) is 29.6. The topological polar surface area (TPSA) is 126 Å². The molecule has 0 radical (unpaired) electrons. The summed E-state index contributed by atoms with van der Waals surface area (Å²) >= 11 is 0. The summed E-state index contributed by atoms with van der Waals surface area (Å²) < 4.78 is 48.0. The van der Waals surface area contributed by atoms with Crippen molar-refractivity contribution in [1.29, 1.82) is 0 Å². The predicted molar refractivity (Wildman–Crippen MR) is 155 cm³/mol. The molecule has 1 aromatic carbocycles. The van der Waals surface area contributed by atoms with E-state index in [2.05, 4.69) is 19.6 Å². The van der Waals surface area contributed by atoms with Crippen molar-refractivity contribution in [3.8, 4) is 5.75 Å². The van der Waals surface area contributed by atoms with Crippen LogP contribution in [-0.4, -0.2) is 97.9 Å². The van der Waals surface area contributed by atoms with Gasteiger partial charge in [0.05, 0.1) is 38.0 Å². The molecule has 1 aromatic heterocycles. The van der Waals surface area contributed by atoms with Crippen molar-refractivity contribution in [2.75, 3.05) is 38.8 Å². The van der Waals surface area contributed by atoms with Crippen LogP contribution in [0.3, 0.4) is 0 Å². The summed E-state index contributed by atoms with van der Waals surface area (Å²) in [6.07, 6.45) is 4.63. The van der Waals surface area contributed by atoms with Gasteiger partial charge in [-0.2, -0.15) is 12.7 Å². The van der Waals surface area contributed by atoms with Gasteiger partial charge in [-0.3, -0.25) is 4.90 Å². The second-order valence-corrected chi connectivity index (χ2v) is 12.6. The van der Waals surface area contributed by atoms with Gasteiger partial charge >= 0.3 is 6.09 Å². The number of piperidine rings is 1. The lowest BCUT2D eigenvalue weighted by Crippen LogP contribution is -2.54. The van der Waals surface area contributed by atoms with Crippen molar-refractivity contribution in [3.63, 3.8) is 0 Å². The average molecular weight is 591 g/mol. The zero-order valence-electron chi connectivity index (χ0n) is 24.5. The van der Waals surface area contributed by atoms with Gasteiger partial charge in [-0.15, -0.1) is 0 Å². The second-order valence-electron chi connectivity index (χ2n) is 10.7. The molecule has 0 aliphatic carbocycles. The minimum Gasteiger partial charge on any atom is -0.497 e. The lowest BCUT2D eigenvalue weighted by molar-refractivity contribution is -0.0118. The Balaban J connectivity index is 1.54. The number of anilines is 1. The molecule has 2 saturated heterocycles. The molecule has 1 amide bonds. The van der Waals surface area contributed by atoms with Gasteiger partial charge in [0.2, 0.25) is 5.95 Å². The van der Waals surface area contributed by atoms with E-state index in [-0.39, 0.29) is 31.4 Å². The molecule has 41 heavy (non-hydrogen) atoms. The number of amides is 1. The molecule has 3 atom stereocenters. The van der Waals surface area contributed by atoms with Crippen molar-refractivity contribution < 1.29 is 27.4 Å². The first-order chi connectivity index (χ1) is 19.6. The number of hydrogen-bond acceptors (Lipinski definition) is 9. The first-order valence-electron chi connectivity index (χ1n) is 14.1. The van der Waals surface area contributed by atoms with Gasteiger partial charge in [0.25, 0.3) is 10.2 Å². The number of rotatable bonds is 11. The van der Waals surface area contributed by atoms with E-state index in [0.29, 0.717) is 18.1 Å². The molecule has 1 N–H and O–H groups in total. The zero-order valence-corrected chi connectivity index (χ0v) is 25.3. The van der Waals surface area contributed by atoms with Crippen LogP contribution in [0.25, 0.3) is 0 Å². The van der Waals surface area contributed by atoms with E-state index in [0.717, 1.165) is 31.5 Å². The summed E-state index contributed by atoms with van der Waals surface area (Å²) in [6, 6.07) is 7.78. The van der Waals surface area contributed by atoms with Gasteiger partial charge in [0, 0.05) is 45.1 Å². The number of ether oxygens (including phenoxy) is 3. The number of likely N-dealkylation sites (tertiary alicyclic amines) is 1. The number of nitrogens with one attached hydrogen (secondary N) is 1. The molecular formula is C28H42N6O6S. The highest BCUT2D eigenvalue weighted by Crippen LogP contribution is 2.33. The molecular weight excluding hydrogens is 548 g/mol. The number of benzene rings is 1. The number of methoxy groups -OCH3 is 1. The maximum absolute atomic E-state index is 13.4. The van der Waals surface area contributed by atoms with Gasteiger partial charge in [0.15, 0.2) is 0 Å². The quantitative estimate of drug-likeness (QED) is 0.420. The number of hydrogen-bond donors (Lipinski definition) is 1. The predicted octanol–water partition coefficient (Wildman–Crippen LogP) is 2.81. The molecule has 2 fully saturated rings. The fourth-order valence-electron chi connectivity index (χ4n) is 5.53. The molecule has 2 aliphatic rings. The first kappa shape index (κ1) is 30.9. The van der Waals surface area contributed by atoms with Crippen molar-refractivity contribution in [2.45, 2.75) is 76.9 Å².